The van der Waals surface area contributed by atoms with E-state index in [1.807, 2.05) is 0 Å². The molecule has 0 aromatic heterocycles. The van der Waals surface area contributed by atoms with Gasteiger partial charge in [0.25, 0.3) is 0 Å². The molecule has 3 unspecified atom stereocenters. The zero-order chi connectivity index (χ0) is 9.26. The van der Waals surface area contributed by atoms with E-state index in [0.717, 1.165) is 23.8 Å². The Kier molecular flexibility index (Phi) is 2.92. The quantitative estimate of drug-likeness (QED) is 0.687. The van der Waals surface area contributed by atoms with Gasteiger partial charge in [0.1, 0.15) is 0 Å². The lowest BCUT2D eigenvalue weighted by Crippen LogP contribution is -2.32. The Morgan fingerprint density at radius 2 is 1.92 bits per heavy atom. The summed E-state index contributed by atoms with van der Waals surface area (Å²) >= 11 is 0. The summed E-state index contributed by atoms with van der Waals surface area (Å²) in [6, 6.07) is 0.827. The Bertz CT molecular complexity index is 157. The molecule has 0 amide bonds. The highest BCUT2D eigenvalue weighted by molar-refractivity contribution is 4.98. The summed E-state index contributed by atoms with van der Waals surface area (Å²) in [5, 5.41) is 3.52. The second-order valence-corrected chi connectivity index (χ2v) is 5.02. The number of fused-ring (bicyclic) bond motifs is 1. The average molecular weight is 181 g/mol. The van der Waals surface area contributed by atoms with Crippen LogP contribution in [0.1, 0.15) is 45.4 Å². The second-order valence-electron chi connectivity index (χ2n) is 5.02. The van der Waals surface area contributed by atoms with Crippen molar-refractivity contribution in [2.24, 2.45) is 17.8 Å². The third kappa shape index (κ3) is 2.07. The zero-order valence-electron chi connectivity index (χ0n) is 9.05. The molecule has 1 heteroatoms. The molecule has 0 radical (unpaired) electrons. The molecule has 0 bridgehead atoms. The first-order valence-electron chi connectivity index (χ1n) is 6.02. The summed E-state index contributed by atoms with van der Waals surface area (Å²) in [6.07, 6.45) is 8.76. The number of unbranched alkanes of at least 4 members (excludes halogenated alkanes) is 1. The van der Waals surface area contributed by atoms with E-state index >= 15 is 0 Å². The molecule has 0 aliphatic heterocycles. The van der Waals surface area contributed by atoms with Gasteiger partial charge >= 0.3 is 0 Å². The largest absolute Gasteiger partial charge is 0.317 e. The Morgan fingerprint density at radius 1 is 1.23 bits per heavy atom. The van der Waals surface area contributed by atoms with Gasteiger partial charge < -0.3 is 5.32 Å². The molecule has 0 aromatic carbocycles. The minimum Gasteiger partial charge on any atom is -0.317 e. The van der Waals surface area contributed by atoms with Crippen LogP contribution in [0, 0.1) is 17.8 Å². The van der Waals surface area contributed by atoms with Crippen LogP contribution in [-0.2, 0) is 0 Å². The van der Waals surface area contributed by atoms with Gasteiger partial charge in [0, 0.05) is 6.04 Å². The van der Waals surface area contributed by atoms with Crippen molar-refractivity contribution in [1.82, 2.24) is 5.32 Å². The van der Waals surface area contributed by atoms with Crippen molar-refractivity contribution >= 4 is 0 Å². The average Bonchev–Trinajstić information content (AvgIpc) is 2.75. The first kappa shape index (κ1) is 9.51. The van der Waals surface area contributed by atoms with E-state index in [-0.39, 0.29) is 0 Å². The van der Waals surface area contributed by atoms with Gasteiger partial charge in [0.15, 0.2) is 0 Å². The monoisotopic (exact) mass is 181 g/mol. The molecular formula is C12H23N. The Hall–Kier alpha value is -0.0400. The first-order chi connectivity index (χ1) is 6.35. The first-order valence-corrected chi connectivity index (χ1v) is 6.02. The molecule has 3 atom stereocenters. The zero-order valence-corrected chi connectivity index (χ0v) is 9.05. The van der Waals surface area contributed by atoms with E-state index in [2.05, 4.69) is 19.3 Å². The summed E-state index contributed by atoms with van der Waals surface area (Å²) < 4.78 is 0. The highest BCUT2D eigenvalue weighted by Gasteiger charge is 2.47. The van der Waals surface area contributed by atoms with E-state index < -0.39 is 0 Å². The number of hydrogen-bond acceptors (Lipinski definition) is 1. The smallest absolute Gasteiger partial charge is 0.00925 e. The molecule has 1 nitrogen and oxygen atoms in total. The van der Waals surface area contributed by atoms with Crippen LogP contribution in [0.2, 0.25) is 0 Å². The summed E-state index contributed by atoms with van der Waals surface area (Å²) in [6.45, 7) is 2.29. The van der Waals surface area contributed by atoms with Crippen LogP contribution in [0.3, 0.4) is 0 Å². The Morgan fingerprint density at radius 3 is 2.46 bits per heavy atom. The van der Waals surface area contributed by atoms with Gasteiger partial charge in [0.05, 0.1) is 0 Å². The normalized spacial score (nSPS) is 38.8. The Labute approximate surface area is 82.3 Å². The molecule has 2 rings (SSSR count). The van der Waals surface area contributed by atoms with Crippen molar-refractivity contribution in [2.75, 3.05) is 7.05 Å². The van der Waals surface area contributed by atoms with E-state index in [9.17, 15) is 0 Å². The highest BCUT2D eigenvalue weighted by atomic mass is 14.9. The second kappa shape index (κ2) is 4.00. The third-order valence-electron chi connectivity index (χ3n) is 4.09. The molecule has 0 heterocycles. The van der Waals surface area contributed by atoms with Gasteiger partial charge in [-0.15, -0.1) is 0 Å². The number of nitrogens with one attached hydrogen (secondary N) is 1. The molecule has 2 aliphatic rings. The summed E-state index contributed by atoms with van der Waals surface area (Å²) in [5.74, 6) is 3.30. The van der Waals surface area contributed by atoms with E-state index in [4.69, 9.17) is 0 Å². The number of hydrogen-bond donors (Lipinski definition) is 1. The van der Waals surface area contributed by atoms with Crippen LogP contribution < -0.4 is 5.32 Å². The van der Waals surface area contributed by atoms with Crippen LogP contribution in [-0.4, -0.2) is 13.1 Å². The fraction of sp³-hybridized carbons (Fsp3) is 1.00. The molecule has 2 fully saturated rings. The number of rotatable bonds is 5. The van der Waals surface area contributed by atoms with Gasteiger partial charge in [-0.25, -0.2) is 0 Å². The fourth-order valence-electron chi connectivity index (χ4n) is 3.13. The molecular weight excluding hydrogens is 158 g/mol. The maximum absolute atomic E-state index is 3.52. The SMILES string of the molecule is CCCCC(NC)C1CC2CC2C1. The van der Waals surface area contributed by atoms with Crippen LogP contribution >= 0.6 is 0 Å². The maximum atomic E-state index is 3.52. The van der Waals surface area contributed by atoms with Crippen molar-refractivity contribution in [3.05, 3.63) is 0 Å². The van der Waals surface area contributed by atoms with Gasteiger partial charge in [-0.2, -0.15) is 0 Å². The molecule has 2 aliphatic carbocycles. The van der Waals surface area contributed by atoms with Gasteiger partial charge in [-0.05, 0) is 50.5 Å². The predicted octanol–water partition coefficient (Wildman–Crippen LogP) is 2.81. The summed E-state index contributed by atoms with van der Waals surface area (Å²) in [5.41, 5.74) is 0. The van der Waals surface area contributed by atoms with Gasteiger partial charge in [-0.1, -0.05) is 19.8 Å². The molecule has 0 spiro atoms. The standard InChI is InChI=1S/C12H23N/c1-3-4-5-12(13-2)11-7-9-6-10(9)8-11/h9-13H,3-8H2,1-2H3. The fourth-order valence-corrected chi connectivity index (χ4v) is 3.13. The van der Waals surface area contributed by atoms with Crippen LogP contribution in [0.15, 0.2) is 0 Å². The van der Waals surface area contributed by atoms with Crippen molar-refractivity contribution in [2.45, 2.75) is 51.5 Å². The molecule has 1 N–H and O–H groups in total. The van der Waals surface area contributed by atoms with Gasteiger partial charge in [0.2, 0.25) is 0 Å². The maximum Gasteiger partial charge on any atom is 0.00925 e. The third-order valence-corrected chi connectivity index (χ3v) is 4.09. The lowest BCUT2D eigenvalue weighted by atomic mass is 9.91. The highest BCUT2D eigenvalue weighted by Crippen LogP contribution is 2.55. The van der Waals surface area contributed by atoms with Crippen LogP contribution in [0.5, 0.6) is 0 Å². The topological polar surface area (TPSA) is 12.0 Å². The molecule has 13 heavy (non-hydrogen) atoms. The Balaban J connectivity index is 1.75. The lowest BCUT2D eigenvalue weighted by molar-refractivity contribution is 0.328. The van der Waals surface area contributed by atoms with Crippen molar-refractivity contribution in [3.63, 3.8) is 0 Å². The van der Waals surface area contributed by atoms with Crippen LogP contribution in [0.4, 0.5) is 0 Å². The van der Waals surface area contributed by atoms with Crippen molar-refractivity contribution in [1.29, 1.82) is 0 Å². The summed E-state index contributed by atoms with van der Waals surface area (Å²) in [7, 11) is 2.14. The predicted molar refractivity (Wildman–Crippen MR) is 56.7 cm³/mol. The molecule has 0 saturated heterocycles. The summed E-state index contributed by atoms with van der Waals surface area (Å²) in [4.78, 5) is 0. The lowest BCUT2D eigenvalue weighted by Gasteiger charge is -2.24. The minimum atomic E-state index is 0.827. The minimum absolute atomic E-state index is 0.827. The molecule has 0 aromatic rings. The van der Waals surface area contributed by atoms with E-state index in [1.165, 1.54) is 32.1 Å². The van der Waals surface area contributed by atoms with Crippen LogP contribution in [0.25, 0.3) is 0 Å². The van der Waals surface area contributed by atoms with E-state index in [1.54, 1.807) is 6.42 Å². The van der Waals surface area contributed by atoms with Crippen molar-refractivity contribution < 1.29 is 0 Å². The molecule has 76 valence electrons. The van der Waals surface area contributed by atoms with Crippen molar-refractivity contribution in [3.8, 4) is 0 Å². The molecule has 2 saturated carbocycles. The van der Waals surface area contributed by atoms with Gasteiger partial charge in [-0.3, -0.25) is 0 Å². The van der Waals surface area contributed by atoms with E-state index in [0.29, 0.717) is 0 Å².